The summed E-state index contributed by atoms with van der Waals surface area (Å²) >= 11 is 1.73. The number of hydrogen-bond donors (Lipinski definition) is 2. The lowest BCUT2D eigenvalue weighted by Crippen LogP contribution is -2.27. The molecule has 1 saturated heterocycles. The van der Waals surface area contributed by atoms with Crippen molar-refractivity contribution in [3.05, 3.63) is 29.8 Å². The van der Waals surface area contributed by atoms with Crippen molar-refractivity contribution in [3.63, 3.8) is 0 Å². The number of hydrogen-bond acceptors (Lipinski definition) is 3. The molecule has 108 valence electrons. The van der Waals surface area contributed by atoms with Gasteiger partial charge in [0.25, 0.3) is 0 Å². The van der Waals surface area contributed by atoms with Gasteiger partial charge in [0.1, 0.15) is 0 Å². The van der Waals surface area contributed by atoms with Crippen molar-refractivity contribution in [1.82, 2.24) is 0 Å². The molecular formula is C15H19NO3S. The van der Waals surface area contributed by atoms with Crippen LogP contribution in [-0.2, 0) is 16.0 Å². The Balaban J connectivity index is 1.86. The molecule has 0 saturated carbocycles. The maximum Gasteiger partial charge on any atom is 0.303 e. The van der Waals surface area contributed by atoms with Crippen molar-refractivity contribution in [1.29, 1.82) is 0 Å². The number of carbonyl (C=O) groups excluding carboxylic acids is 1. The van der Waals surface area contributed by atoms with Crippen LogP contribution in [0.15, 0.2) is 24.3 Å². The molecule has 1 aliphatic heterocycles. The van der Waals surface area contributed by atoms with Crippen LogP contribution in [0.5, 0.6) is 0 Å². The van der Waals surface area contributed by atoms with E-state index in [4.69, 9.17) is 5.11 Å². The summed E-state index contributed by atoms with van der Waals surface area (Å²) in [4.78, 5) is 22.6. The van der Waals surface area contributed by atoms with Crippen molar-refractivity contribution in [3.8, 4) is 0 Å². The van der Waals surface area contributed by atoms with Gasteiger partial charge >= 0.3 is 5.97 Å². The minimum Gasteiger partial charge on any atom is -0.481 e. The lowest BCUT2D eigenvalue weighted by atomic mass is 10.1. The first kappa shape index (κ1) is 14.9. The van der Waals surface area contributed by atoms with Gasteiger partial charge in [0.15, 0.2) is 0 Å². The molecule has 1 heterocycles. The lowest BCUT2D eigenvalue weighted by Gasteiger charge is -2.20. The molecule has 0 bridgehead atoms. The van der Waals surface area contributed by atoms with Gasteiger partial charge in [-0.3, -0.25) is 9.59 Å². The van der Waals surface area contributed by atoms with Gasteiger partial charge in [-0.25, -0.2) is 0 Å². The Bertz CT molecular complexity index is 467. The molecule has 1 amide bonds. The van der Waals surface area contributed by atoms with Crippen LogP contribution in [0.1, 0.15) is 31.2 Å². The minimum absolute atomic E-state index is 0.0652. The van der Waals surface area contributed by atoms with E-state index < -0.39 is 5.97 Å². The summed E-state index contributed by atoms with van der Waals surface area (Å²) < 4.78 is 0. The predicted octanol–water partition coefficient (Wildman–Crippen LogP) is 2.93. The third kappa shape index (κ3) is 4.56. The average Bonchev–Trinajstić information content (AvgIpc) is 2.47. The zero-order valence-electron chi connectivity index (χ0n) is 11.3. The van der Waals surface area contributed by atoms with Gasteiger partial charge in [0.05, 0.1) is 5.25 Å². The minimum atomic E-state index is -0.795. The Morgan fingerprint density at radius 1 is 1.25 bits per heavy atom. The average molecular weight is 293 g/mol. The second kappa shape index (κ2) is 7.33. The fraction of sp³-hybridized carbons (Fsp3) is 0.467. The Kier molecular flexibility index (Phi) is 5.47. The largest absolute Gasteiger partial charge is 0.481 e. The molecule has 1 aliphatic rings. The van der Waals surface area contributed by atoms with Gasteiger partial charge in [-0.2, -0.15) is 0 Å². The van der Waals surface area contributed by atoms with E-state index in [9.17, 15) is 9.59 Å². The molecule has 2 rings (SSSR count). The summed E-state index contributed by atoms with van der Waals surface area (Å²) in [6, 6.07) is 7.41. The highest BCUT2D eigenvalue weighted by atomic mass is 32.2. The maximum absolute atomic E-state index is 12.1. The first-order valence-electron chi connectivity index (χ1n) is 6.88. The van der Waals surface area contributed by atoms with Crippen molar-refractivity contribution in [2.24, 2.45) is 0 Å². The molecule has 1 atom stereocenters. The highest BCUT2D eigenvalue weighted by Gasteiger charge is 2.21. The van der Waals surface area contributed by atoms with E-state index >= 15 is 0 Å². The monoisotopic (exact) mass is 293 g/mol. The number of amides is 1. The number of anilines is 1. The molecular weight excluding hydrogens is 274 g/mol. The third-order valence-corrected chi connectivity index (χ3v) is 4.70. The van der Waals surface area contributed by atoms with Gasteiger partial charge in [0.2, 0.25) is 5.91 Å². The molecule has 0 spiro atoms. The van der Waals surface area contributed by atoms with Crippen molar-refractivity contribution >= 4 is 29.3 Å². The maximum atomic E-state index is 12.1. The van der Waals surface area contributed by atoms with Crippen LogP contribution in [-0.4, -0.2) is 28.0 Å². The Labute approximate surface area is 123 Å². The van der Waals surface area contributed by atoms with Crippen LogP contribution in [0.3, 0.4) is 0 Å². The first-order valence-corrected chi connectivity index (χ1v) is 7.93. The number of carboxylic acids is 1. The van der Waals surface area contributed by atoms with E-state index in [0.717, 1.165) is 29.8 Å². The van der Waals surface area contributed by atoms with Crippen LogP contribution in [0.2, 0.25) is 0 Å². The predicted molar refractivity (Wildman–Crippen MR) is 81.1 cm³/mol. The number of nitrogens with one attached hydrogen (secondary N) is 1. The standard InChI is InChI=1S/C15H19NO3S/c17-14(18)9-6-11-4-7-12(8-5-11)16-15(19)13-3-1-2-10-20-13/h4-5,7-8,13H,1-3,6,9-10H2,(H,16,19)(H,17,18). The van der Waals surface area contributed by atoms with E-state index in [-0.39, 0.29) is 17.6 Å². The molecule has 1 fully saturated rings. The Morgan fingerprint density at radius 3 is 2.60 bits per heavy atom. The molecule has 1 aromatic carbocycles. The molecule has 0 radical (unpaired) electrons. The van der Waals surface area contributed by atoms with Crippen LogP contribution in [0, 0.1) is 0 Å². The van der Waals surface area contributed by atoms with Crippen LogP contribution in [0.25, 0.3) is 0 Å². The molecule has 2 N–H and O–H groups in total. The first-order chi connectivity index (χ1) is 9.65. The summed E-state index contributed by atoms with van der Waals surface area (Å²) in [5, 5.41) is 11.6. The zero-order chi connectivity index (χ0) is 14.4. The number of thioether (sulfide) groups is 1. The molecule has 4 nitrogen and oxygen atoms in total. The topological polar surface area (TPSA) is 66.4 Å². The third-order valence-electron chi connectivity index (χ3n) is 3.32. The van der Waals surface area contributed by atoms with E-state index in [1.165, 1.54) is 6.42 Å². The quantitative estimate of drug-likeness (QED) is 0.876. The number of benzene rings is 1. The summed E-state index contributed by atoms with van der Waals surface area (Å²) in [5.74, 6) is 0.344. The zero-order valence-corrected chi connectivity index (χ0v) is 12.1. The molecule has 0 aromatic heterocycles. The summed E-state index contributed by atoms with van der Waals surface area (Å²) in [5.41, 5.74) is 1.75. The molecule has 20 heavy (non-hydrogen) atoms. The smallest absolute Gasteiger partial charge is 0.303 e. The molecule has 0 aliphatic carbocycles. The van der Waals surface area contributed by atoms with E-state index in [0.29, 0.717) is 6.42 Å². The number of aliphatic carboxylic acids is 1. The van der Waals surface area contributed by atoms with Crippen LogP contribution < -0.4 is 5.32 Å². The van der Waals surface area contributed by atoms with Gasteiger partial charge in [-0.1, -0.05) is 18.6 Å². The van der Waals surface area contributed by atoms with Gasteiger partial charge in [-0.15, -0.1) is 11.8 Å². The second-order valence-corrected chi connectivity index (χ2v) is 6.25. The van der Waals surface area contributed by atoms with Crippen molar-refractivity contribution in [2.45, 2.75) is 37.4 Å². The number of carboxylic acid groups (broad SMARTS) is 1. The van der Waals surface area contributed by atoms with Gasteiger partial charge < -0.3 is 10.4 Å². The number of rotatable bonds is 5. The van der Waals surface area contributed by atoms with E-state index in [1.54, 1.807) is 11.8 Å². The molecule has 1 unspecified atom stereocenters. The number of aryl methyl sites for hydroxylation is 1. The summed E-state index contributed by atoms with van der Waals surface area (Å²) in [6.45, 7) is 0. The summed E-state index contributed by atoms with van der Waals surface area (Å²) in [6.07, 6.45) is 3.92. The molecule has 1 aromatic rings. The lowest BCUT2D eigenvalue weighted by molar-refractivity contribution is -0.137. The van der Waals surface area contributed by atoms with Gasteiger partial charge in [0, 0.05) is 12.1 Å². The van der Waals surface area contributed by atoms with E-state index in [2.05, 4.69) is 5.32 Å². The summed E-state index contributed by atoms with van der Waals surface area (Å²) in [7, 11) is 0. The highest BCUT2D eigenvalue weighted by molar-refractivity contribution is 8.00. The highest BCUT2D eigenvalue weighted by Crippen LogP contribution is 2.26. The Hall–Kier alpha value is -1.49. The van der Waals surface area contributed by atoms with Gasteiger partial charge in [-0.05, 0) is 42.7 Å². The number of carbonyl (C=O) groups is 2. The Morgan fingerprint density at radius 2 is 2.00 bits per heavy atom. The SMILES string of the molecule is O=C(O)CCc1ccc(NC(=O)C2CCCCS2)cc1. The van der Waals surface area contributed by atoms with Crippen molar-refractivity contribution in [2.75, 3.05) is 11.1 Å². The molecule has 5 heteroatoms. The second-order valence-electron chi connectivity index (χ2n) is 4.94. The fourth-order valence-electron chi connectivity index (χ4n) is 2.18. The van der Waals surface area contributed by atoms with Crippen molar-refractivity contribution < 1.29 is 14.7 Å². The van der Waals surface area contributed by atoms with Crippen LogP contribution in [0.4, 0.5) is 5.69 Å². The van der Waals surface area contributed by atoms with Crippen LogP contribution >= 0.6 is 11.8 Å². The van der Waals surface area contributed by atoms with E-state index in [1.807, 2.05) is 24.3 Å². The normalized spacial score (nSPS) is 18.5. The fourth-order valence-corrected chi connectivity index (χ4v) is 3.38.